The quantitative estimate of drug-likeness (QED) is 0.428. The second-order valence-corrected chi connectivity index (χ2v) is 8.85. The van der Waals surface area contributed by atoms with Crippen LogP contribution in [0.5, 0.6) is 5.75 Å². The number of carboxylic acids is 1. The molecule has 1 heterocycles. The van der Waals surface area contributed by atoms with Crippen molar-refractivity contribution >= 4 is 17.7 Å². The third-order valence-corrected chi connectivity index (χ3v) is 6.49. The molecule has 0 saturated heterocycles. The van der Waals surface area contributed by atoms with Gasteiger partial charge in [0.05, 0.1) is 0 Å². The van der Waals surface area contributed by atoms with Crippen LogP contribution in [0, 0.1) is 0 Å². The van der Waals surface area contributed by atoms with Crippen LogP contribution in [0.3, 0.4) is 0 Å². The number of carboxylic acid groups (broad SMARTS) is 1. The summed E-state index contributed by atoms with van der Waals surface area (Å²) >= 11 is 0. The molecular weight excluding hydrogens is 436 g/mol. The Morgan fingerprint density at radius 3 is 2.29 bits per heavy atom. The van der Waals surface area contributed by atoms with Crippen molar-refractivity contribution in [1.82, 2.24) is 0 Å². The van der Waals surface area contributed by atoms with Crippen LogP contribution in [0.2, 0.25) is 0 Å². The first-order valence-corrected chi connectivity index (χ1v) is 11.2. The molecule has 0 spiro atoms. The second kappa shape index (κ2) is 9.29. The van der Waals surface area contributed by atoms with Gasteiger partial charge in [-0.25, -0.2) is 13.6 Å². The van der Waals surface area contributed by atoms with E-state index in [1.165, 1.54) is 12.1 Å². The number of aliphatic carboxylic acids is 1. The molecule has 0 saturated carbocycles. The van der Waals surface area contributed by atoms with Gasteiger partial charge in [-0.1, -0.05) is 56.3 Å². The molecule has 4 rings (SSSR count). The van der Waals surface area contributed by atoms with Crippen LogP contribution in [0.4, 0.5) is 14.5 Å². The lowest BCUT2D eigenvalue weighted by Crippen LogP contribution is -2.56. The monoisotopic (exact) mass is 463 g/mol. The number of rotatable bonds is 6. The summed E-state index contributed by atoms with van der Waals surface area (Å²) in [6, 6.07) is 18.9. The fourth-order valence-electron chi connectivity index (χ4n) is 4.77. The van der Waals surface area contributed by atoms with Crippen LogP contribution < -0.4 is 4.90 Å². The number of benzene rings is 3. The van der Waals surface area contributed by atoms with Gasteiger partial charge < -0.3 is 15.1 Å². The van der Waals surface area contributed by atoms with Gasteiger partial charge in [0.25, 0.3) is 6.43 Å². The zero-order valence-corrected chi connectivity index (χ0v) is 19.1. The van der Waals surface area contributed by atoms with Crippen molar-refractivity contribution in [2.24, 2.45) is 0 Å². The summed E-state index contributed by atoms with van der Waals surface area (Å²) < 4.78 is 30.7. The van der Waals surface area contributed by atoms with E-state index in [0.29, 0.717) is 46.8 Å². The summed E-state index contributed by atoms with van der Waals surface area (Å²) in [5.74, 6) is -0.707. The molecule has 4 nitrogen and oxygen atoms in total. The third kappa shape index (κ3) is 4.16. The highest BCUT2D eigenvalue weighted by molar-refractivity contribution is 5.85. The summed E-state index contributed by atoms with van der Waals surface area (Å²) in [5.41, 5.74) is 2.19. The molecule has 0 amide bonds. The SMILES string of the molecule is CC(C)c1ccc(N2CCc3cc(O)ccc3[C@]2(c2ccc(/C=C/C(=O)O)cc2)C(F)F)cc1. The maximum absolute atomic E-state index is 15.3. The van der Waals surface area contributed by atoms with E-state index in [4.69, 9.17) is 5.11 Å². The predicted octanol–water partition coefficient (Wildman–Crippen LogP) is 6.18. The maximum atomic E-state index is 15.3. The molecule has 0 unspecified atom stereocenters. The Kier molecular flexibility index (Phi) is 6.42. The molecule has 2 N–H and O–H groups in total. The summed E-state index contributed by atoms with van der Waals surface area (Å²) in [7, 11) is 0. The minimum absolute atomic E-state index is 0.0470. The van der Waals surface area contributed by atoms with E-state index in [0.717, 1.165) is 11.6 Å². The van der Waals surface area contributed by atoms with Gasteiger partial charge in [0.1, 0.15) is 5.75 Å². The minimum atomic E-state index is -2.78. The highest BCUT2D eigenvalue weighted by atomic mass is 19.3. The first kappa shape index (κ1) is 23.5. The third-order valence-electron chi connectivity index (χ3n) is 6.49. The highest BCUT2D eigenvalue weighted by Gasteiger charge is 2.51. The molecule has 1 aliphatic rings. The van der Waals surface area contributed by atoms with Crippen molar-refractivity contribution in [2.75, 3.05) is 11.4 Å². The molecule has 3 aromatic rings. The lowest BCUT2D eigenvalue weighted by molar-refractivity contribution is -0.131. The van der Waals surface area contributed by atoms with Gasteiger partial charge in [0, 0.05) is 18.3 Å². The smallest absolute Gasteiger partial charge is 0.328 e. The summed E-state index contributed by atoms with van der Waals surface area (Å²) in [5, 5.41) is 18.9. The van der Waals surface area contributed by atoms with Gasteiger partial charge >= 0.3 is 5.97 Å². The number of phenols is 1. The maximum Gasteiger partial charge on any atom is 0.328 e. The summed E-state index contributed by atoms with van der Waals surface area (Å²) in [6.07, 6.45) is 0.181. The zero-order chi connectivity index (χ0) is 24.5. The lowest BCUT2D eigenvalue weighted by atomic mass is 9.75. The van der Waals surface area contributed by atoms with Gasteiger partial charge in [-0.2, -0.15) is 0 Å². The highest BCUT2D eigenvalue weighted by Crippen LogP contribution is 2.48. The molecule has 0 bridgehead atoms. The van der Waals surface area contributed by atoms with Gasteiger partial charge in [0.2, 0.25) is 0 Å². The number of hydrogen-bond donors (Lipinski definition) is 2. The Bertz CT molecular complexity index is 1200. The molecular formula is C28H27F2NO3. The number of fused-ring (bicyclic) bond motifs is 1. The molecule has 34 heavy (non-hydrogen) atoms. The Morgan fingerprint density at radius 1 is 1.03 bits per heavy atom. The number of anilines is 1. The molecule has 1 atom stereocenters. The van der Waals surface area contributed by atoms with E-state index >= 15 is 8.78 Å². The van der Waals surface area contributed by atoms with Crippen LogP contribution in [-0.4, -0.2) is 29.2 Å². The van der Waals surface area contributed by atoms with Gasteiger partial charge in [-0.3, -0.25) is 0 Å². The first-order valence-electron chi connectivity index (χ1n) is 11.2. The van der Waals surface area contributed by atoms with E-state index in [9.17, 15) is 9.90 Å². The fourth-order valence-corrected chi connectivity index (χ4v) is 4.77. The number of phenolic OH excluding ortho intramolecular Hbond substituents is 1. The average Bonchev–Trinajstić information content (AvgIpc) is 2.82. The molecule has 1 aliphatic heterocycles. The topological polar surface area (TPSA) is 60.8 Å². The van der Waals surface area contributed by atoms with E-state index < -0.39 is 17.9 Å². The van der Waals surface area contributed by atoms with Gasteiger partial charge in [-0.05, 0) is 70.5 Å². The van der Waals surface area contributed by atoms with Gasteiger partial charge in [-0.15, -0.1) is 0 Å². The number of halogens is 2. The molecule has 0 fully saturated rings. The number of hydrogen-bond acceptors (Lipinski definition) is 3. The van der Waals surface area contributed by atoms with Crippen LogP contribution >= 0.6 is 0 Å². The Hall–Kier alpha value is -3.67. The Morgan fingerprint density at radius 2 is 1.71 bits per heavy atom. The summed E-state index contributed by atoms with van der Waals surface area (Å²) in [6.45, 7) is 4.52. The molecule has 0 aliphatic carbocycles. The number of carbonyl (C=O) groups is 1. The van der Waals surface area contributed by atoms with E-state index in [1.54, 1.807) is 41.3 Å². The second-order valence-electron chi connectivity index (χ2n) is 8.85. The van der Waals surface area contributed by atoms with Crippen molar-refractivity contribution in [2.45, 2.75) is 38.2 Å². The van der Waals surface area contributed by atoms with Crippen LogP contribution in [-0.2, 0) is 16.8 Å². The Labute approximate surface area is 197 Å². The number of aromatic hydroxyl groups is 1. The van der Waals surface area contributed by atoms with Crippen LogP contribution in [0.1, 0.15) is 47.6 Å². The van der Waals surface area contributed by atoms with Crippen molar-refractivity contribution in [1.29, 1.82) is 0 Å². The molecule has 6 heteroatoms. The largest absolute Gasteiger partial charge is 0.508 e. The standard InChI is InChI=1S/C28H27F2NO3/c1-18(2)20-6-10-23(11-7-20)31-16-15-21-17-24(32)12-13-25(21)28(31,27(29)30)22-8-3-19(4-9-22)5-14-26(33)34/h3-14,17-18,27,32H,15-16H2,1-2H3,(H,33,34)/b14-5+/t28-/m1/s1. The predicted molar refractivity (Wildman–Crippen MR) is 130 cm³/mol. The van der Waals surface area contributed by atoms with Crippen molar-refractivity contribution < 1.29 is 23.8 Å². The normalized spacial score (nSPS) is 18.0. The van der Waals surface area contributed by atoms with Crippen molar-refractivity contribution in [3.63, 3.8) is 0 Å². The van der Waals surface area contributed by atoms with Crippen molar-refractivity contribution in [3.05, 3.63) is 101 Å². The minimum Gasteiger partial charge on any atom is -0.508 e. The fraction of sp³-hybridized carbons (Fsp3) is 0.250. The molecule has 0 aromatic heterocycles. The van der Waals surface area contributed by atoms with Crippen molar-refractivity contribution in [3.8, 4) is 5.75 Å². The van der Waals surface area contributed by atoms with E-state index in [1.807, 2.05) is 24.3 Å². The van der Waals surface area contributed by atoms with Crippen LogP contribution in [0.15, 0.2) is 72.8 Å². The van der Waals surface area contributed by atoms with E-state index in [-0.39, 0.29) is 5.75 Å². The zero-order valence-electron chi connectivity index (χ0n) is 19.1. The number of nitrogens with zero attached hydrogens (tertiary/aromatic N) is 1. The Balaban J connectivity index is 1.91. The molecule has 0 radical (unpaired) electrons. The van der Waals surface area contributed by atoms with E-state index in [2.05, 4.69) is 13.8 Å². The molecule has 3 aromatic carbocycles. The number of alkyl halides is 2. The summed E-state index contributed by atoms with van der Waals surface area (Å²) in [4.78, 5) is 12.6. The first-order chi connectivity index (χ1) is 16.2. The van der Waals surface area contributed by atoms with Gasteiger partial charge in [0.15, 0.2) is 5.54 Å². The molecule has 176 valence electrons. The van der Waals surface area contributed by atoms with Crippen LogP contribution in [0.25, 0.3) is 6.08 Å². The lowest BCUT2D eigenvalue weighted by Gasteiger charge is -2.49. The average molecular weight is 464 g/mol.